The van der Waals surface area contributed by atoms with Crippen LogP contribution in [0.1, 0.15) is 36.5 Å². The summed E-state index contributed by atoms with van der Waals surface area (Å²) in [6.45, 7) is 1.73. The van der Waals surface area contributed by atoms with E-state index >= 15 is 0 Å². The first-order valence-corrected chi connectivity index (χ1v) is 5.27. The monoisotopic (exact) mass is 223 g/mol. The average molecular weight is 223 g/mol. The van der Waals surface area contributed by atoms with Gasteiger partial charge in [-0.05, 0) is 35.6 Å². The summed E-state index contributed by atoms with van der Waals surface area (Å²) in [5.74, 6) is -1.22. The summed E-state index contributed by atoms with van der Waals surface area (Å²) >= 11 is 0. The maximum Gasteiger partial charge on any atom is 0.220 e. The SMILES string of the molecule is CC(C(N)=O)C1CC(O)c2cc(F)ccc21. The first kappa shape index (κ1) is 11.1. The lowest BCUT2D eigenvalue weighted by molar-refractivity contribution is -0.122. The Bertz CT molecular complexity index is 433. The minimum atomic E-state index is -0.697. The van der Waals surface area contributed by atoms with Gasteiger partial charge in [0.15, 0.2) is 0 Å². The van der Waals surface area contributed by atoms with Crippen LogP contribution in [0, 0.1) is 11.7 Å². The predicted molar refractivity (Wildman–Crippen MR) is 57.1 cm³/mol. The Morgan fingerprint density at radius 3 is 2.88 bits per heavy atom. The minimum Gasteiger partial charge on any atom is -0.388 e. The Morgan fingerprint density at radius 1 is 1.56 bits per heavy atom. The molecule has 16 heavy (non-hydrogen) atoms. The van der Waals surface area contributed by atoms with E-state index in [2.05, 4.69) is 0 Å². The van der Waals surface area contributed by atoms with Crippen molar-refractivity contribution < 1.29 is 14.3 Å². The molecule has 0 aromatic heterocycles. The highest BCUT2D eigenvalue weighted by molar-refractivity contribution is 5.77. The number of benzene rings is 1. The number of nitrogens with two attached hydrogens (primary N) is 1. The van der Waals surface area contributed by atoms with Crippen LogP contribution in [0.15, 0.2) is 18.2 Å². The Morgan fingerprint density at radius 2 is 2.25 bits per heavy atom. The molecule has 3 unspecified atom stereocenters. The van der Waals surface area contributed by atoms with Gasteiger partial charge in [-0.15, -0.1) is 0 Å². The number of hydrogen-bond acceptors (Lipinski definition) is 2. The Labute approximate surface area is 93.1 Å². The van der Waals surface area contributed by atoms with E-state index in [0.717, 1.165) is 5.56 Å². The van der Waals surface area contributed by atoms with Gasteiger partial charge in [0.25, 0.3) is 0 Å². The molecule has 86 valence electrons. The zero-order chi connectivity index (χ0) is 11.9. The molecule has 1 aliphatic rings. The number of fused-ring (bicyclic) bond motifs is 1. The molecule has 0 heterocycles. The lowest BCUT2D eigenvalue weighted by Crippen LogP contribution is -2.25. The molecule has 3 nitrogen and oxygen atoms in total. The lowest BCUT2D eigenvalue weighted by atomic mass is 9.88. The molecule has 0 saturated carbocycles. The summed E-state index contributed by atoms with van der Waals surface area (Å²) < 4.78 is 13.0. The minimum absolute atomic E-state index is 0.108. The number of hydrogen-bond donors (Lipinski definition) is 2. The predicted octanol–water partition coefficient (Wildman–Crippen LogP) is 1.47. The van der Waals surface area contributed by atoms with Gasteiger partial charge >= 0.3 is 0 Å². The zero-order valence-corrected chi connectivity index (χ0v) is 8.98. The maximum atomic E-state index is 13.0. The number of aliphatic hydroxyl groups excluding tert-OH is 1. The van der Waals surface area contributed by atoms with E-state index in [9.17, 15) is 14.3 Å². The van der Waals surface area contributed by atoms with Crippen molar-refractivity contribution in [2.24, 2.45) is 11.7 Å². The van der Waals surface area contributed by atoms with Gasteiger partial charge in [-0.3, -0.25) is 4.79 Å². The summed E-state index contributed by atoms with van der Waals surface area (Å²) in [5, 5.41) is 9.79. The highest BCUT2D eigenvalue weighted by atomic mass is 19.1. The van der Waals surface area contributed by atoms with Crippen LogP contribution in [0.25, 0.3) is 0 Å². The van der Waals surface area contributed by atoms with Gasteiger partial charge in [0.2, 0.25) is 5.91 Å². The van der Waals surface area contributed by atoms with Crippen LogP contribution >= 0.6 is 0 Å². The van der Waals surface area contributed by atoms with Crippen molar-refractivity contribution in [1.82, 2.24) is 0 Å². The number of carbonyl (C=O) groups is 1. The molecule has 3 atom stereocenters. The molecular weight excluding hydrogens is 209 g/mol. The molecule has 3 N–H and O–H groups in total. The number of primary amides is 1. The third kappa shape index (κ3) is 1.69. The van der Waals surface area contributed by atoms with Crippen LogP contribution in [0.5, 0.6) is 0 Å². The van der Waals surface area contributed by atoms with Crippen molar-refractivity contribution in [3.8, 4) is 0 Å². The van der Waals surface area contributed by atoms with Gasteiger partial charge in [-0.1, -0.05) is 13.0 Å². The standard InChI is InChI=1S/C12H14FNO2/c1-6(12(14)16)9-5-11(15)10-4-7(13)2-3-8(9)10/h2-4,6,9,11,15H,5H2,1H3,(H2,14,16). The lowest BCUT2D eigenvalue weighted by Gasteiger charge is -2.16. The fourth-order valence-corrected chi connectivity index (χ4v) is 2.34. The van der Waals surface area contributed by atoms with Crippen LogP contribution in [-0.2, 0) is 4.79 Å². The van der Waals surface area contributed by atoms with Gasteiger partial charge in [0.05, 0.1) is 6.10 Å². The summed E-state index contributed by atoms with van der Waals surface area (Å²) in [5.41, 5.74) is 6.67. The second-order valence-corrected chi connectivity index (χ2v) is 4.32. The molecule has 4 heteroatoms. The van der Waals surface area contributed by atoms with Gasteiger partial charge in [0, 0.05) is 5.92 Å². The molecule has 1 aliphatic carbocycles. The number of rotatable bonds is 2. The highest BCUT2D eigenvalue weighted by Gasteiger charge is 2.35. The fraction of sp³-hybridized carbons (Fsp3) is 0.417. The molecule has 1 aromatic carbocycles. The third-order valence-corrected chi connectivity index (χ3v) is 3.34. The first-order valence-electron chi connectivity index (χ1n) is 5.27. The van der Waals surface area contributed by atoms with Crippen molar-refractivity contribution in [3.05, 3.63) is 35.1 Å². The molecule has 1 amide bonds. The van der Waals surface area contributed by atoms with Crippen molar-refractivity contribution >= 4 is 5.91 Å². The van der Waals surface area contributed by atoms with Crippen LogP contribution in [0.3, 0.4) is 0 Å². The fourth-order valence-electron chi connectivity index (χ4n) is 2.34. The van der Waals surface area contributed by atoms with E-state index in [1.165, 1.54) is 12.1 Å². The Balaban J connectivity index is 2.39. The van der Waals surface area contributed by atoms with E-state index in [0.29, 0.717) is 12.0 Å². The maximum absolute atomic E-state index is 13.0. The highest BCUT2D eigenvalue weighted by Crippen LogP contribution is 2.44. The van der Waals surface area contributed by atoms with Crippen LogP contribution in [0.4, 0.5) is 4.39 Å². The Kier molecular flexibility index (Phi) is 2.68. The van der Waals surface area contributed by atoms with Crippen LogP contribution < -0.4 is 5.73 Å². The molecule has 0 fully saturated rings. The second-order valence-electron chi connectivity index (χ2n) is 4.32. The van der Waals surface area contributed by atoms with Crippen molar-refractivity contribution in [3.63, 3.8) is 0 Å². The zero-order valence-electron chi connectivity index (χ0n) is 8.98. The summed E-state index contributed by atoms with van der Waals surface area (Å²) in [4.78, 5) is 11.1. The largest absolute Gasteiger partial charge is 0.388 e. The summed E-state index contributed by atoms with van der Waals surface area (Å²) in [6, 6.07) is 4.30. The summed E-state index contributed by atoms with van der Waals surface area (Å²) in [6.07, 6.45) is -0.263. The van der Waals surface area contributed by atoms with Gasteiger partial charge < -0.3 is 10.8 Å². The van der Waals surface area contributed by atoms with Gasteiger partial charge in [-0.2, -0.15) is 0 Å². The first-order chi connectivity index (χ1) is 7.50. The van der Waals surface area contributed by atoms with E-state index in [-0.39, 0.29) is 17.7 Å². The smallest absolute Gasteiger partial charge is 0.220 e. The van der Waals surface area contributed by atoms with E-state index < -0.39 is 12.0 Å². The van der Waals surface area contributed by atoms with Crippen LogP contribution in [-0.4, -0.2) is 11.0 Å². The quantitative estimate of drug-likeness (QED) is 0.797. The number of aliphatic hydroxyl groups is 1. The van der Waals surface area contributed by atoms with E-state index in [1.807, 2.05) is 0 Å². The molecule has 2 rings (SSSR count). The normalized spacial score (nSPS) is 25.2. The molecular formula is C12H14FNO2. The molecule has 0 spiro atoms. The topological polar surface area (TPSA) is 63.3 Å². The molecule has 0 saturated heterocycles. The number of amides is 1. The summed E-state index contributed by atoms with van der Waals surface area (Å²) in [7, 11) is 0. The average Bonchev–Trinajstić information content (AvgIpc) is 2.55. The molecule has 0 aliphatic heterocycles. The van der Waals surface area contributed by atoms with Crippen molar-refractivity contribution in [2.75, 3.05) is 0 Å². The van der Waals surface area contributed by atoms with Crippen molar-refractivity contribution in [2.45, 2.75) is 25.4 Å². The van der Waals surface area contributed by atoms with Gasteiger partial charge in [0.1, 0.15) is 5.82 Å². The molecule has 1 aromatic rings. The molecule has 0 radical (unpaired) electrons. The van der Waals surface area contributed by atoms with E-state index in [1.54, 1.807) is 13.0 Å². The van der Waals surface area contributed by atoms with Gasteiger partial charge in [-0.25, -0.2) is 4.39 Å². The van der Waals surface area contributed by atoms with E-state index in [4.69, 9.17) is 5.73 Å². The van der Waals surface area contributed by atoms with Crippen LogP contribution in [0.2, 0.25) is 0 Å². The number of halogens is 1. The second kappa shape index (κ2) is 3.87. The Hall–Kier alpha value is -1.42. The third-order valence-electron chi connectivity index (χ3n) is 3.34. The molecule has 0 bridgehead atoms. The van der Waals surface area contributed by atoms with Crippen molar-refractivity contribution in [1.29, 1.82) is 0 Å². The number of carbonyl (C=O) groups excluding carboxylic acids is 1.